The van der Waals surface area contributed by atoms with Crippen molar-refractivity contribution < 1.29 is 4.79 Å². The van der Waals surface area contributed by atoms with Crippen molar-refractivity contribution in [1.82, 2.24) is 15.1 Å². The van der Waals surface area contributed by atoms with E-state index in [1.165, 1.54) is 44.9 Å². The van der Waals surface area contributed by atoms with Gasteiger partial charge in [0.2, 0.25) is 5.91 Å². The highest BCUT2D eigenvalue weighted by atomic mass is 16.2. The third-order valence-corrected chi connectivity index (χ3v) is 6.11. The van der Waals surface area contributed by atoms with Crippen molar-refractivity contribution in [1.29, 1.82) is 0 Å². The van der Waals surface area contributed by atoms with Crippen LogP contribution in [0.15, 0.2) is 12.1 Å². The average Bonchev–Trinajstić information content (AvgIpc) is 3.53. The molecule has 25 heavy (non-hydrogen) atoms. The molecule has 5 nitrogen and oxygen atoms in total. The third-order valence-electron chi connectivity index (χ3n) is 6.11. The van der Waals surface area contributed by atoms with Crippen LogP contribution in [0.25, 0.3) is 0 Å². The van der Waals surface area contributed by atoms with Gasteiger partial charge < -0.3 is 9.80 Å². The number of carbonyl (C=O) groups excluding carboxylic acids is 1. The van der Waals surface area contributed by atoms with Crippen LogP contribution >= 0.6 is 0 Å². The first-order valence-electron chi connectivity index (χ1n) is 10.2. The zero-order valence-corrected chi connectivity index (χ0v) is 15.2. The molecule has 1 amide bonds. The Bertz CT molecular complexity index is 570. The van der Waals surface area contributed by atoms with Crippen LogP contribution in [-0.2, 0) is 4.79 Å². The number of hydrogen-bond donors (Lipinski definition) is 0. The first kappa shape index (κ1) is 16.8. The molecule has 1 saturated heterocycles. The zero-order chi connectivity index (χ0) is 17.1. The van der Waals surface area contributed by atoms with E-state index in [0.29, 0.717) is 11.8 Å². The van der Waals surface area contributed by atoms with Crippen molar-refractivity contribution in [3.05, 3.63) is 17.8 Å². The summed E-state index contributed by atoms with van der Waals surface area (Å²) in [6.07, 6.45) is 11.1. The van der Waals surface area contributed by atoms with Gasteiger partial charge in [0, 0.05) is 38.5 Å². The molecule has 0 spiro atoms. The summed E-state index contributed by atoms with van der Waals surface area (Å²) in [5.41, 5.74) is 1.14. The lowest BCUT2D eigenvalue weighted by molar-refractivity contribution is -0.131. The standard InChI is InChI=1S/C20H30N4O/c25-20(11-6-16-4-2-1-3-5-16)24-14-12-23(13-15-24)19-10-9-18(21-22-19)17-7-8-17/h9-10,16-17H,1-8,11-15H2. The molecule has 0 bridgehead atoms. The lowest BCUT2D eigenvalue weighted by Gasteiger charge is -2.35. The maximum atomic E-state index is 12.5. The molecule has 2 saturated carbocycles. The predicted octanol–water partition coefficient (Wildman–Crippen LogP) is 3.36. The summed E-state index contributed by atoms with van der Waals surface area (Å²) >= 11 is 0. The van der Waals surface area contributed by atoms with Crippen LogP contribution in [0.3, 0.4) is 0 Å². The van der Waals surface area contributed by atoms with Crippen LogP contribution in [-0.4, -0.2) is 47.2 Å². The van der Waals surface area contributed by atoms with E-state index in [0.717, 1.165) is 56.5 Å². The van der Waals surface area contributed by atoms with E-state index in [-0.39, 0.29) is 0 Å². The maximum Gasteiger partial charge on any atom is 0.222 e. The van der Waals surface area contributed by atoms with Gasteiger partial charge in [-0.25, -0.2) is 0 Å². The highest BCUT2D eigenvalue weighted by Crippen LogP contribution is 2.38. The summed E-state index contributed by atoms with van der Waals surface area (Å²) in [6, 6.07) is 4.23. The van der Waals surface area contributed by atoms with Gasteiger partial charge in [0.05, 0.1) is 5.69 Å². The molecule has 0 radical (unpaired) electrons. The second-order valence-corrected chi connectivity index (χ2v) is 8.00. The van der Waals surface area contributed by atoms with Crippen molar-refractivity contribution in [3.63, 3.8) is 0 Å². The van der Waals surface area contributed by atoms with Crippen molar-refractivity contribution in [3.8, 4) is 0 Å². The fraction of sp³-hybridized carbons (Fsp3) is 0.750. The van der Waals surface area contributed by atoms with Gasteiger partial charge in [-0.3, -0.25) is 4.79 Å². The molecule has 1 aliphatic heterocycles. The molecule has 2 heterocycles. The molecule has 0 atom stereocenters. The molecule has 0 aromatic carbocycles. The molecule has 0 unspecified atom stereocenters. The fourth-order valence-electron chi connectivity index (χ4n) is 4.25. The summed E-state index contributed by atoms with van der Waals surface area (Å²) in [5, 5.41) is 8.78. The number of piperazine rings is 1. The van der Waals surface area contributed by atoms with Crippen molar-refractivity contribution in [2.45, 2.75) is 63.7 Å². The fourth-order valence-corrected chi connectivity index (χ4v) is 4.25. The first-order valence-corrected chi connectivity index (χ1v) is 10.2. The second-order valence-electron chi connectivity index (χ2n) is 8.00. The molecule has 136 valence electrons. The minimum Gasteiger partial charge on any atom is -0.352 e. The molecule has 1 aromatic rings. The van der Waals surface area contributed by atoms with Gasteiger partial charge in [0.15, 0.2) is 5.82 Å². The van der Waals surface area contributed by atoms with E-state index >= 15 is 0 Å². The lowest BCUT2D eigenvalue weighted by atomic mass is 9.86. The van der Waals surface area contributed by atoms with Gasteiger partial charge in [-0.1, -0.05) is 32.1 Å². The van der Waals surface area contributed by atoms with E-state index in [4.69, 9.17) is 0 Å². The number of amides is 1. The van der Waals surface area contributed by atoms with Gasteiger partial charge in [0.25, 0.3) is 0 Å². The summed E-state index contributed by atoms with van der Waals surface area (Å²) in [7, 11) is 0. The van der Waals surface area contributed by atoms with Crippen molar-refractivity contribution in [2.24, 2.45) is 5.92 Å². The Kier molecular flexibility index (Phi) is 5.18. The van der Waals surface area contributed by atoms with E-state index in [1.807, 2.05) is 4.90 Å². The molecule has 0 N–H and O–H groups in total. The molecular formula is C20H30N4O. The molecule has 5 heteroatoms. The monoisotopic (exact) mass is 342 g/mol. The quantitative estimate of drug-likeness (QED) is 0.823. The average molecular weight is 342 g/mol. The molecule has 1 aromatic heterocycles. The number of aromatic nitrogens is 2. The Morgan fingerprint density at radius 1 is 0.960 bits per heavy atom. The van der Waals surface area contributed by atoms with Crippen LogP contribution in [0.1, 0.15) is 69.4 Å². The summed E-state index contributed by atoms with van der Waals surface area (Å²) < 4.78 is 0. The van der Waals surface area contributed by atoms with Crippen LogP contribution in [0.4, 0.5) is 5.82 Å². The Balaban J connectivity index is 1.22. The van der Waals surface area contributed by atoms with E-state index in [9.17, 15) is 4.79 Å². The van der Waals surface area contributed by atoms with Crippen molar-refractivity contribution in [2.75, 3.05) is 31.1 Å². The number of hydrogen-bond acceptors (Lipinski definition) is 4. The van der Waals surface area contributed by atoms with E-state index in [2.05, 4.69) is 27.2 Å². The highest BCUT2D eigenvalue weighted by Gasteiger charge is 2.26. The Labute approximate surface area is 150 Å². The number of rotatable bonds is 5. The first-order chi connectivity index (χ1) is 12.3. The molecule has 4 rings (SSSR count). The van der Waals surface area contributed by atoms with E-state index in [1.54, 1.807) is 0 Å². The topological polar surface area (TPSA) is 49.3 Å². The molecule has 3 aliphatic rings. The van der Waals surface area contributed by atoms with Crippen LogP contribution in [0.2, 0.25) is 0 Å². The number of nitrogens with zero attached hydrogens (tertiary/aromatic N) is 4. The highest BCUT2D eigenvalue weighted by molar-refractivity contribution is 5.76. The number of carbonyl (C=O) groups is 1. The largest absolute Gasteiger partial charge is 0.352 e. The van der Waals surface area contributed by atoms with Crippen molar-refractivity contribution >= 4 is 11.7 Å². The minimum absolute atomic E-state index is 0.348. The normalized spacial score (nSPS) is 22.2. The second kappa shape index (κ2) is 7.71. The van der Waals surface area contributed by atoms with Crippen LogP contribution < -0.4 is 4.90 Å². The predicted molar refractivity (Wildman–Crippen MR) is 98.6 cm³/mol. The lowest BCUT2D eigenvalue weighted by Crippen LogP contribution is -2.49. The van der Waals surface area contributed by atoms with Gasteiger partial charge in [-0.15, -0.1) is 5.10 Å². The summed E-state index contributed by atoms with van der Waals surface area (Å²) in [4.78, 5) is 16.8. The molecule has 3 fully saturated rings. The smallest absolute Gasteiger partial charge is 0.222 e. The summed E-state index contributed by atoms with van der Waals surface area (Å²) in [6.45, 7) is 3.37. The Hall–Kier alpha value is -1.65. The molecular weight excluding hydrogens is 312 g/mol. The zero-order valence-electron chi connectivity index (χ0n) is 15.2. The van der Waals surface area contributed by atoms with Crippen LogP contribution in [0.5, 0.6) is 0 Å². The maximum absolute atomic E-state index is 12.5. The van der Waals surface area contributed by atoms with Gasteiger partial charge >= 0.3 is 0 Å². The van der Waals surface area contributed by atoms with E-state index < -0.39 is 0 Å². The minimum atomic E-state index is 0.348. The SMILES string of the molecule is O=C(CCC1CCCCC1)N1CCN(c2ccc(C3CC3)nn2)CC1. The van der Waals surface area contributed by atoms with Crippen LogP contribution in [0, 0.1) is 5.92 Å². The Morgan fingerprint density at radius 2 is 1.72 bits per heavy atom. The summed E-state index contributed by atoms with van der Waals surface area (Å²) in [5.74, 6) is 2.75. The van der Waals surface area contributed by atoms with Gasteiger partial charge in [-0.05, 0) is 37.3 Å². The Morgan fingerprint density at radius 3 is 2.36 bits per heavy atom. The number of anilines is 1. The van der Waals surface area contributed by atoms with Gasteiger partial charge in [-0.2, -0.15) is 5.10 Å². The third kappa shape index (κ3) is 4.31. The van der Waals surface area contributed by atoms with Gasteiger partial charge in [0.1, 0.15) is 0 Å². The molecule has 2 aliphatic carbocycles.